The molecule has 1 rings (SSSR count). The lowest BCUT2D eigenvalue weighted by Gasteiger charge is -1.96. The van der Waals surface area contributed by atoms with Gasteiger partial charge in [0.15, 0.2) is 0 Å². The third kappa shape index (κ3) is 8.75. The van der Waals surface area contributed by atoms with E-state index in [0.717, 1.165) is 0 Å². The van der Waals surface area contributed by atoms with Gasteiger partial charge in [-0.25, -0.2) is 0 Å². The predicted molar refractivity (Wildman–Crippen MR) is 43.1 cm³/mol. The van der Waals surface area contributed by atoms with Crippen LogP contribution >= 0.6 is 0 Å². The fourth-order valence-electron chi connectivity index (χ4n) is 0.389. The minimum atomic E-state index is 0.0301. The van der Waals surface area contributed by atoms with E-state index >= 15 is 0 Å². The Labute approximate surface area is 66.4 Å². The highest BCUT2D eigenvalue weighted by Crippen LogP contribution is 1.79. The predicted octanol–water partition coefficient (Wildman–Crippen LogP) is 1.58. The van der Waals surface area contributed by atoms with Crippen molar-refractivity contribution in [3.05, 3.63) is 24.5 Å². The zero-order chi connectivity index (χ0) is 8.53. The Bertz CT molecular complexity index is 141. The number of H-pyrrole nitrogens is 1. The molecule has 0 fully saturated rings. The summed E-state index contributed by atoms with van der Waals surface area (Å²) in [6.07, 6.45) is 3.78. The highest BCUT2D eigenvalue weighted by Gasteiger charge is 1.83. The standard InChI is InChI=1S/C4H5N.C4H8O2/c1-2-4-5-3-1;1-4(2)6-3-5/h1-5H;3-4H,1-2H3. The molecule has 0 aromatic carbocycles. The average molecular weight is 155 g/mol. The van der Waals surface area contributed by atoms with Crippen LogP contribution in [-0.4, -0.2) is 17.6 Å². The minimum Gasteiger partial charge on any atom is -0.465 e. The second-order valence-corrected chi connectivity index (χ2v) is 2.17. The zero-order valence-corrected chi connectivity index (χ0v) is 6.78. The third-order valence-corrected chi connectivity index (χ3v) is 0.824. The van der Waals surface area contributed by atoms with E-state index in [-0.39, 0.29) is 6.10 Å². The van der Waals surface area contributed by atoms with E-state index in [2.05, 4.69) is 9.72 Å². The van der Waals surface area contributed by atoms with Crippen molar-refractivity contribution in [1.82, 2.24) is 4.98 Å². The molecule has 1 aromatic rings. The first-order valence-corrected chi connectivity index (χ1v) is 3.44. The number of carbonyl (C=O) groups excluding carboxylic acids is 1. The third-order valence-electron chi connectivity index (χ3n) is 0.824. The minimum absolute atomic E-state index is 0.0301. The summed E-state index contributed by atoms with van der Waals surface area (Å²) in [5, 5.41) is 0. The number of ether oxygens (including phenoxy) is 1. The normalized spacial score (nSPS) is 8.27. The molecule has 0 aliphatic carbocycles. The quantitative estimate of drug-likeness (QED) is 0.659. The van der Waals surface area contributed by atoms with Gasteiger partial charge in [-0.2, -0.15) is 0 Å². The van der Waals surface area contributed by atoms with Gasteiger partial charge in [-0.3, -0.25) is 4.79 Å². The van der Waals surface area contributed by atoms with Crippen molar-refractivity contribution in [3.8, 4) is 0 Å². The van der Waals surface area contributed by atoms with E-state index in [1.54, 1.807) is 13.8 Å². The summed E-state index contributed by atoms with van der Waals surface area (Å²) in [5.74, 6) is 0. The van der Waals surface area contributed by atoms with Gasteiger partial charge in [0.05, 0.1) is 6.10 Å². The molecule has 0 saturated heterocycles. The molecule has 62 valence electrons. The molecule has 0 spiro atoms. The lowest BCUT2D eigenvalue weighted by Crippen LogP contribution is -1.98. The molecule has 11 heavy (non-hydrogen) atoms. The molecule has 1 aromatic heterocycles. The van der Waals surface area contributed by atoms with Crippen LogP contribution in [0.5, 0.6) is 0 Å². The van der Waals surface area contributed by atoms with Gasteiger partial charge in [-0.15, -0.1) is 0 Å². The molecule has 3 nitrogen and oxygen atoms in total. The number of nitrogens with one attached hydrogen (secondary N) is 1. The van der Waals surface area contributed by atoms with Gasteiger partial charge in [0.2, 0.25) is 0 Å². The number of hydrogen-bond acceptors (Lipinski definition) is 2. The maximum Gasteiger partial charge on any atom is 0.293 e. The number of hydrogen-bond donors (Lipinski definition) is 1. The van der Waals surface area contributed by atoms with E-state index in [4.69, 9.17) is 0 Å². The molecule has 0 radical (unpaired) electrons. The summed E-state index contributed by atoms with van der Waals surface area (Å²) in [7, 11) is 0. The summed E-state index contributed by atoms with van der Waals surface area (Å²) < 4.78 is 4.36. The summed E-state index contributed by atoms with van der Waals surface area (Å²) in [6, 6.07) is 3.89. The van der Waals surface area contributed by atoms with E-state index in [1.165, 1.54) is 0 Å². The Kier molecular flexibility index (Phi) is 6.08. The number of rotatable bonds is 2. The van der Waals surface area contributed by atoms with Crippen LogP contribution in [0.2, 0.25) is 0 Å². The molecule has 0 aliphatic rings. The van der Waals surface area contributed by atoms with Crippen LogP contribution in [0.3, 0.4) is 0 Å². The first-order valence-electron chi connectivity index (χ1n) is 3.44. The van der Waals surface area contributed by atoms with Gasteiger partial charge in [0.25, 0.3) is 6.47 Å². The van der Waals surface area contributed by atoms with Gasteiger partial charge in [-0.05, 0) is 26.0 Å². The molecule has 1 N–H and O–H groups in total. The van der Waals surface area contributed by atoms with Crippen molar-refractivity contribution in [2.45, 2.75) is 20.0 Å². The van der Waals surface area contributed by atoms with Gasteiger partial charge in [0.1, 0.15) is 0 Å². The van der Waals surface area contributed by atoms with Gasteiger partial charge < -0.3 is 9.72 Å². The number of carbonyl (C=O) groups is 1. The largest absolute Gasteiger partial charge is 0.465 e. The Balaban J connectivity index is 0.000000183. The molecule has 0 atom stereocenters. The Morgan fingerprint density at radius 3 is 2.00 bits per heavy atom. The van der Waals surface area contributed by atoms with Gasteiger partial charge in [-0.1, -0.05) is 0 Å². The topological polar surface area (TPSA) is 42.1 Å². The molecule has 0 saturated carbocycles. The van der Waals surface area contributed by atoms with Crippen LogP contribution in [0.25, 0.3) is 0 Å². The number of aromatic nitrogens is 1. The Morgan fingerprint density at radius 2 is 1.91 bits per heavy atom. The highest BCUT2D eigenvalue weighted by atomic mass is 16.5. The molecule has 0 unspecified atom stereocenters. The Hall–Kier alpha value is -1.25. The first-order chi connectivity index (χ1) is 5.27. The second kappa shape index (κ2) is 6.86. The lowest BCUT2D eigenvalue weighted by atomic mass is 10.5. The number of aromatic amines is 1. The zero-order valence-electron chi connectivity index (χ0n) is 6.78. The smallest absolute Gasteiger partial charge is 0.293 e. The highest BCUT2D eigenvalue weighted by molar-refractivity contribution is 5.37. The summed E-state index contributed by atoms with van der Waals surface area (Å²) >= 11 is 0. The van der Waals surface area contributed by atoms with Gasteiger partial charge >= 0.3 is 0 Å². The van der Waals surface area contributed by atoms with Gasteiger partial charge in [0, 0.05) is 12.4 Å². The summed E-state index contributed by atoms with van der Waals surface area (Å²) in [5.41, 5.74) is 0. The summed E-state index contributed by atoms with van der Waals surface area (Å²) in [4.78, 5) is 12.3. The molecule has 0 aliphatic heterocycles. The van der Waals surface area contributed by atoms with Crippen LogP contribution < -0.4 is 0 Å². The first kappa shape index (κ1) is 9.75. The van der Waals surface area contributed by atoms with Crippen molar-refractivity contribution in [3.63, 3.8) is 0 Å². The van der Waals surface area contributed by atoms with Crippen LogP contribution in [0, 0.1) is 0 Å². The van der Waals surface area contributed by atoms with Crippen molar-refractivity contribution >= 4 is 6.47 Å². The molecule has 0 bridgehead atoms. The SMILES string of the molecule is CC(C)OC=O.c1cc[nH]c1. The van der Waals surface area contributed by atoms with Crippen molar-refractivity contribution in [1.29, 1.82) is 0 Å². The van der Waals surface area contributed by atoms with Crippen molar-refractivity contribution in [2.75, 3.05) is 0 Å². The average Bonchev–Trinajstić information content (AvgIpc) is 2.41. The van der Waals surface area contributed by atoms with Crippen LogP contribution in [-0.2, 0) is 9.53 Å². The fraction of sp³-hybridized carbons (Fsp3) is 0.375. The van der Waals surface area contributed by atoms with Crippen LogP contribution in [0.15, 0.2) is 24.5 Å². The van der Waals surface area contributed by atoms with Crippen LogP contribution in [0.4, 0.5) is 0 Å². The molecular weight excluding hydrogens is 142 g/mol. The lowest BCUT2D eigenvalue weighted by molar-refractivity contribution is -0.131. The van der Waals surface area contributed by atoms with E-state index in [9.17, 15) is 4.79 Å². The van der Waals surface area contributed by atoms with Crippen molar-refractivity contribution < 1.29 is 9.53 Å². The van der Waals surface area contributed by atoms with Crippen molar-refractivity contribution in [2.24, 2.45) is 0 Å². The molecule has 1 heterocycles. The molecule has 0 amide bonds. The van der Waals surface area contributed by atoms with Crippen LogP contribution in [0.1, 0.15) is 13.8 Å². The fourth-order valence-corrected chi connectivity index (χ4v) is 0.389. The Morgan fingerprint density at radius 1 is 1.36 bits per heavy atom. The maximum absolute atomic E-state index is 9.39. The maximum atomic E-state index is 9.39. The molecule has 3 heteroatoms. The molecular formula is C8H13NO2. The summed E-state index contributed by atoms with van der Waals surface area (Å²) in [6.45, 7) is 4.05. The van der Waals surface area contributed by atoms with E-state index in [1.807, 2.05) is 24.5 Å². The monoisotopic (exact) mass is 155 g/mol. The second-order valence-electron chi connectivity index (χ2n) is 2.17. The van der Waals surface area contributed by atoms with E-state index in [0.29, 0.717) is 6.47 Å². The van der Waals surface area contributed by atoms with E-state index < -0.39 is 0 Å².